The van der Waals surface area contributed by atoms with Gasteiger partial charge in [-0.25, -0.2) is 0 Å². The van der Waals surface area contributed by atoms with E-state index in [9.17, 15) is 0 Å². The third kappa shape index (κ3) is 2.02. The van der Waals surface area contributed by atoms with Crippen molar-refractivity contribution in [3.05, 3.63) is 34.3 Å². The highest BCUT2D eigenvalue weighted by molar-refractivity contribution is 6.30. The van der Waals surface area contributed by atoms with Crippen LogP contribution in [0.4, 0.5) is 0 Å². The van der Waals surface area contributed by atoms with Gasteiger partial charge in [-0.15, -0.1) is 0 Å². The molecule has 2 rings (SSSR count). The molecule has 1 aromatic carbocycles. The van der Waals surface area contributed by atoms with Crippen LogP contribution in [0.2, 0.25) is 5.02 Å². The minimum absolute atomic E-state index is 0.459. The Kier molecular flexibility index (Phi) is 2.24. The van der Waals surface area contributed by atoms with E-state index in [1.807, 2.05) is 12.1 Å². The van der Waals surface area contributed by atoms with Crippen LogP contribution in [0.5, 0.6) is 0 Å². The quantitative estimate of drug-likeness (QED) is 0.704. The summed E-state index contributed by atoms with van der Waals surface area (Å²) in [5.74, 6) is 0.705. The topological polar surface area (TPSA) is 23.8 Å². The van der Waals surface area contributed by atoms with Crippen LogP contribution in [-0.2, 0) is 6.42 Å². The summed E-state index contributed by atoms with van der Waals surface area (Å²) in [5.41, 5.74) is 2.34. The second kappa shape index (κ2) is 3.40. The fraction of sp³-hybridized carbons (Fsp3) is 0.364. The number of hydrogen-bond donors (Lipinski definition) is 0. The summed E-state index contributed by atoms with van der Waals surface area (Å²) in [7, 11) is 0. The molecule has 0 radical (unpaired) electrons. The first-order valence-corrected chi connectivity index (χ1v) is 4.83. The fourth-order valence-electron chi connectivity index (χ4n) is 1.52. The molecule has 0 amide bonds. The molecule has 1 fully saturated rings. The van der Waals surface area contributed by atoms with Crippen LogP contribution in [0, 0.1) is 11.3 Å². The van der Waals surface area contributed by atoms with Crippen LogP contribution in [0.3, 0.4) is 0 Å². The third-order valence-electron chi connectivity index (χ3n) is 2.31. The molecule has 66 valence electrons. The van der Waals surface area contributed by atoms with E-state index in [1.54, 1.807) is 0 Å². The Morgan fingerprint density at radius 2 is 2.15 bits per heavy atom. The number of rotatable bonds is 2. The van der Waals surface area contributed by atoms with Crippen molar-refractivity contribution >= 4 is 11.6 Å². The first-order valence-electron chi connectivity index (χ1n) is 4.46. The van der Waals surface area contributed by atoms with E-state index in [-0.39, 0.29) is 0 Å². The molecule has 0 bridgehead atoms. The molecule has 0 aliphatic heterocycles. The Morgan fingerprint density at radius 3 is 2.77 bits per heavy atom. The Hall–Kier alpha value is -1.00. The summed E-state index contributed by atoms with van der Waals surface area (Å²) in [5, 5.41) is 9.32. The van der Waals surface area contributed by atoms with Gasteiger partial charge in [0.05, 0.1) is 12.5 Å². The number of nitrogens with zero attached hydrogens (tertiary/aromatic N) is 1. The van der Waals surface area contributed by atoms with Crippen molar-refractivity contribution in [1.29, 1.82) is 5.26 Å². The highest BCUT2D eigenvalue weighted by atomic mass is 35.5. The molecule has 1 aliphatic carbocycles. The lowest BCUT2D eigenvalue weighted by molar-refractivity contribution is 1.11. The van der Waals surface area contributed by atoms with Crippen molar-refractivity contribution < 1.29 is 0 Å². The van der Waals surface area contributed by atoms with Gasteiger partial charge < -0.3 is 0 Å². The van der Waals surface area contributed by atoms with Crippen LogP contribution in [0.15, 0.2) is 18.2 Å². The zero-order valence-corrected chi connectivity index (χ0v) is 8.01. The molecule has 0 atom stereocenters. The van der Waals surface area contributed by atoms with Gasteiger partial charge in [0.1, 0.15) is 0 Å². The van der Waals surface area contributed by atoms with Gasteiger partial charge in [0.2, 0.25) is 0 Å². The summed E-state index contributed by atoms with van der Waals surface area (Å²) < 4.78 is 0. The van der Waals surface area contributed by atoms with Gasteiger partial charge in [0.15, 0.2) is 0 Å². The van der Waals surface area contributed by atoms with Crippen molar-refractivity contribution in [2.75, 3.05) is 0 Å². The van der Waals surface area contributed by atoms with Crippen molar-refractivity contribution in [2.24, 2.45) is 0 Å². The number of benzene rings is 1. The van der Waals surface area contributed by atoms with Gasteiger partial charge in [-0.3, -0.25) is 0 Å². The molecule has 0 heterocycles. The van der Waals surface area contributed by atoms with E-state index >= 15 is 0 Å². The van der Waals surface area contributed by atoms with Crippen molar-refractivity contribution in [3.63, 3.8) is 0 Å². The van der Waals surface area contributed by atoms with E-state index in [4.69, 9.17) is 16.9 Å². The van der Waals surface area contributed by atoms with Crippen molar-refractivity contribution in [3.8, 4) is 6.07 Å². The maximum absolute atomic E-state index is 8.56. The van der Waals surface area contributed by atoms with Crippen LogP contribution in [-0.4, -0.2) is 0 Å². The third-order valence-corrected chi connectivity index (χ3v) is 2.53. The average Bonchev–Trinajstić information content (AvgIpc) is 2.85. The van der Waals surface area contributed by atoms with Gasteiger partial charge in [-0.1, -0.05) is 17.7 Å². The molecule has 1 aromatic rings. The molecule has 0 N–H and O–H groups in total. The van der Waals surface area contributed by atoms with E-state index in [2.05, 4.69) is 12.1 Å². The lowest BCUT2D eigenvalue weighted by Gasteiger charge is -2.02. The lowest BCUT2D eigenvalue weighted by Crippen LogP contribution is -1.86. The zero-order valence-electron chi connectivity index (χ0n) is 7.26. The van der Waals surface area contributed by atoms with Crippen LogP contribution >= 0.6 is 11.6 Å². The first-order chi connectivity index (χ1) is 6.29. The Balaban J connectivity index is 2.31. The molecule has 0 aromatic heterocycles. The smallest absolute Gasteiger partial charge is 0.0669 e. The van der Waals surface area contributed by atoms with Crippen LogP contribution < -0.4 is 0 Å². The van der Waals surface area contributed by atoms with Gasteiger partial charge in [0.25, 0.3) is 0 Å². The summed E-state index contributed by atoms with van der Waals surface area (Å²) in [6.07, 6.45) is 3.00. The predicted molar refractivity (Wildman–Crippen MR) is 52.7 cm³/mol. The second-order valence-corrected chi connectivity index (χ2v) is 3.94. The molecular weight excluding hydrogens is 182 g/mol. The zero-order chi connectivity index (χ0) is 9.26. The SMILES string of the molecule is N#CCc1cc(Cl)cc(C2CC2)c1. The Bertz CT molecular complexity index is 361. The molecule has 0 saturated heterocycles. The highest BCUT2D eigenvalue weighted by Gasteiger charge is 2.23. The van der Waals surface area contributed by atoms with E-state index < -0.39 is 0 Å². The molecular formula is C11H10ClN. The van der Waals surface area contributed by atoms with Crippen molar-refractivity contribution in [2.45, 2.75) is 25.2 Å². The van der Waals surface area contributed by atoms with Crippen molar-refractivity contribution in [1.82, 2.24) is 0 Å². The van der Waals surface area contributed by atoms with E-state index in [1.165, 1.54) is 18.4 Å². The minimum atomic E-state index is 0.459. The monoisotopic (exact) mass is 191 g/mol. The first kappa shape index (κ1) is 8.59. The number of hydrogen-bond acceptors (Lipinski definition) is 1. The predicted octanol–water partition coefficient (Wildman–Crippen LogP) is 3.28. The molecule has 1 aliphatic rings. The minimum Gasteiger partial charge on any atom is -0.198 e. The Morgan fingerprint density at radius 1 is 1.38 bits per heavy atom. The Labute approximate surface area is 82.9 Å². The standard InChI is InChI=1S/C11H10ClN/c12-11-6-8(3-4-13)5-10(7-11)9-1-2-9/h5-7,9H,1-3H2. The highest BCUT2D eigenvalue weighted by Crippen LogP contribution is 2.41. The van der Waals surface area contributed by atoms with Crippen LogP contribution in [0.25, 0.3) is 0 Å². The number of halogens is 1. The molecule has 0 unspecified atom stereocenters. The van der Waals surface area contributed by atoms with Gasteiger partial charge in [0, 0.05) is 5.02 Å². The summed E-state index contributed by atoms with van der Waals surface area (Å²) in [6.45, 7) is 0. The fourth-order valence-corrected chi connectivity index (χ4v) is 1.79. The normalized spacial score (nSPS) is 15.4. The average molecular weight is 192 g/mol. The number of nitriles is 1. The second-order valence-electron chi connectivity index (χ2n) is 3.50. The van der Waals surface area contributed by atoms with E-state index in [0.29, 0.717) is 12.3 Å². The molecule has 13 heavy (non-hydrogen) atoms. The summed E-state index contributed by atoms with van der Waals surface area (Å²) in [4.78, 5) is 0. The maximum atomic E-state index is 8.56. The van der Waals surface area contributed by atoms with Crippen LogP contribution in [0.1, 0.15) is 29.9 Å². The van der Waals surface area contributed by atoms with Gasteiger partial charge in [-0.2, -0.15) is 5.26 Å². The molecule has 2 heteroatoms. The molecule has 1 saturated carbocycles. The van der Waals surface area contributed by atoms with E-state index in [0.717, 1.165) is 10.6 Å². The van der Waals surface area contributed by atoms with Gasteiger partial charge in [-0.05, 0) is 42.0 Å². The summed E-state index contributed by atoms with van der Waals surface area (Å²) in [6, 6.07) is 8.13. The maximum Gasteiger partial charge on any atom is 0.0669 e. The summed E-state index contributed by atoms with van der Waals surface area (Å²) >= 11 is 5.95. The lowest BCUT2D eigenvalue weighted by atomic mass is 10.1. The van der Waals surface area contributed by atoms with Gasteiger partial charge >= 0.3 is 0 Å². The molecule has 1 nitrogen and oxygen atoms in total. The largest absolute Gasteiger partial charge is 0.198 e. The molecule has 0 spiro atoms.